The molecule has 21 heavy (non-hydrogen) atoms. The summed E-state index contributed by atoms with van der Waals surface area (Å²) in [6.45, 7) is 4.56. The van der Waals surface area contributed by atoms with Crippen LogP contribution < -0.4 is 9.47 Å². The van der Waals surface area contributed by atoms with E-state index in [0.29, 0.717) is 29.6 Å². The molecule has 1 aliphatic carbocycles. The van der Waals surface area contributed by atoms with Crippen LogP contribution >= 0.6 is 15.9 Å². The summed E-state index contributed by atoms with van der Waals surface area (Å²) < 4.78 is 11.6. The first kappa shape index (κ1) is 16.1. The van der Waals surface area contributed by atoms with Crippen molar-refractivity contribution < 1.29 is 14.3 Å². The maximum absolute atomic E-state index is 12.6. The Morgan fingerprint density at radius 1 is 1.48 bits per heavy atom. The van der Waals surface area contributed by atoms with E-state index in [9.17, 15) is 4.79 Å². The third-order valence-corrected chi connectivity index (χ3v) is 4.59. The number of methoxy groups -OCH3 is 1. The summed E-state index contributed by atoms with van der Waals surface area (Å²) in [6.07, 6.45) is 2.43. The maximum atomic E-state index is 12.6. The van der Waals surface area contributed by atoms with Gasteiger partial charge in [0.25, 0.3) is 5.91 Å². The van der Waals surface area contributed by atoms with Crippen LogP contribution in [0, 0.1) is 5.92 Å². The van der Waals surface area contributed by atoms with E-state index in [2.05, 4.69) is 22.9 Å². The first-order valence-electron chi connectivity index (χ1n) is 7.27. The average Bonchev–Trinajstić information content (AvgIpc) is 3.31. The zero-order chi connectivity index (χ0) is 15.6. The van der Waals surface area contributed by atoms with Crippen LogP contribution in [0.2, 0.25) is 0 Å². The molecule has 0 spiro atoms. The molecule has 5 heteroatoms. The summed E-state index contributed by atoms with van der Waals surface area (Å²) in [5.41, 5.74) is 0.608. The molecule has 0 aliphatic heterocycles. The Hall–Kier alpha value is -1.23. The highest BCUT2D eigenvalue weighted by atomic mass is 79.9. The van der Waals surface area contributed by atoms with Gasteiger partial charge in [-0.3, -0.25) is 4.79 Å². The second kappa shape index (κ2) is 6.69. The molecule has 116 valence electrons. The molecule has 1 saturated carbocycles. The first-order chi connectivity index (χ1) is 9.99. The highest BCUT2D eigenvalue weighted by molar-refractivity contribution is 9.10. The maximum Gasteiger partial charge on any atom is 0.254 e. The van der Waals surface area contributed by atoms with Crippen molar-refractivity contribution >= 4 is 21.8 Å². The van der Waals surface area contributed by atoms with Gasteiger partial charge in [0.1, 0.15) is 0 Å². The van der Waals surface area contributed by atoms with Crippen molar-refractivity contribution in [1.82, 2.24) is 4.90 Å². The van der Waals surface area contributed by atoms with E-state index < -0.39 is 0 Å². The monoisotopic (exact) mass is 355 g/mol. The van der Waals surface area contributed by atoms with Gasteiger partial charge in [-0.25, -0.2) is 0 Å². The molecule has 1 aromatic rings. The second-order valence-corrected chi connectivity index (χ2v) is 6.27. The summed E-state index contributed by atoms with van der Waals surface area (Å²) in [5, 5.41) is 0. The summed E-state index contributed by atoms with van der Waals surface area (Å²) in [7, 11) is 3.44. The van der Waals surface area contributed by atoms with Crippen LogP contribution in [0.25, 0.3) is 0 Å². The number of halogens is 1. The van der Waals surface area contributed by atoms with Gasteiger partial charge in [0.15, 0.2) is 11.5 Å². The molecule has 0 aromatic heterocycles. The minimum atomic E-state index is 0.0106. The van der Waals surface area contributed by atoms with Crippen molar-refractivity contribution in [3.05, 3.63) is 22.2 Å². The van der Waals surface area contributed by atoms with Crippen molar-refractivity contribution in [1.29, 1.82) is 0 Å². The summed E-state index contributed by atoms with van der Waals surface area (Å²) in [6, 6.07) is 3.81. The van der Waals surface area contributed by atoms with Gasteiger partial charge in [0.05, 0.1) is 18.2 Å². The van der Waals surface area contributed by atoms with Gasteiger partial charge in [0.2, 0.25) is 0 Å². The standard InChI is InChI=1S/C16H22BrNO3/c1-5-21-15-13(17)8-12(9-14(15)20-4)16(19)18(3)10(2)11-6-7-11/h8-11H,5-7H2,1-4H3. The zero-order valence-electron chi connectivity index (χ0n) is 13.0. The topological polar surface area (TPSA) is 38.8 Å². The number of hydrogen-bond acceptors (Lipinski definition) is 3. The van der Waals surface area contributed by atoms with E-state index in [1.54, 1.807) is 19.2 Å². The number of benzene rings is 1. The van der Waals surface area contributed by atoms with Crippen LogP contribution in [0.3, 0.4) is 0 Å². The highest BCUT2D eigenvalue weighted by Crippen LogP contribution is 2.38. The quantitative estimate of drug-likeness (QED) is 0.780. The number of rotatable bonds is 6. The SMILES string of the molecule is CCOc1c(Br)cc(C(=O)N(C)C(C)C2CC2)cc1OC. The number of nitrogens with zero attached hydrogens (tertiary/aromatic N) is 1. The highest BCUT2D eigenvalue weighted by Gasteiger charge is 2.33. The van der Waals surface area contributed by atoms with E-state index in [4.69, 9.17) is 9.47 Å². The molecular formula is C16H22BrNO3. The Morgan fingerprint density at radius 3 is 2.67 bits per heavy atom. The Balaban J connectivity index is 2.26. The van der Waals surface area contributed by atoms with E-state index in [1.165, 1.54) is 12.8 Å². The first-order valence-corrected chi connectivity index (χ1v) is 8.06. The van der Waals surface area contributed by atoms with Gasteiger partial charge in [0, 0.05) is 18.7 Å². The van der Waals surface area contributed by atoms with Gasteiger partial charge in [-0.05, 0) is 60.7 Å². The summed E-state index contributed by atoms with van der Waals surface area (Å²) in [5.74, 6) is 1.86. The Kier molecular flexibility index (Phi) is 5.14. The molecule has 0 bridgehead atoms. The predicted octanol–water partition coefficient (Wildman–Crippen LogP) is 3.73. The van der Waals surface area contributed by atoms with E-state index in [-0.39, 0.29) is 11.9 Å². The lowest BCUT2D eigenvalue weighted by atomic mass is 10.1. The van der Waals surface area contributed by atoms with E-state index >= 15 is 0 Å². The van der Waals surface area contributed by atoms with Crippen molar-refractivity contribution in [2.75, 3.05) is 20.8 Å². The molecule has 1 unspecified atom stereocenters. The third kappa shape index (κ3) is 3.51. The van der Waals surface area contributed by atoms with Gasteiger partial charge in [-0.2, -0.15) is 0 Å². The van der Waals surface area contributed by atoms with Gasteiger partial charge < -0.3 is 14.4 Å². The van der Waals surface area contributed by atoms with Crippen LogP contribution in [-0.2, 0) is 0 Å². The Morgan fingerprint density at radius 2 is 2.14 bits per heavy atom. The number of amides is 1. The predicted molar refractivity (Wildman–Crippen MR) is 86.1 cm³/mol. The second-order valence-electron chi connectivity index (χ2n) is 5.42. The fourth-order valence-corrected chi connectivity index (χ4v) is 2.97. The molecule has 1 aliphatic rings. The molecule has 0 radical (unpaired) electrons. The van der Waals surface area contributed by atoms with Crippen molar-refractivity contribution in [2.45, 2.75) is 32.7 Å². The molecule has 0 heterocycles. The third-order valence-electron chi connectivity index (χ3n) is 4.00. The fraction of sp³-hybridized carbons (Fsp3) is 0.562. The molecule has 0 saturated heterocycles. The average molecular weight is 356 g/mol. The number of carbonyl (C=O) groups excluding carboxylic acids is 1. The van der Waals surface area contributed by atoms with Crippen molar-refractivity contribution in [3.63, 3.8) is 0 Å². The van der Waals surface area contributed by atoms with Gasteiger partial charge in [-0.1, -0.05) is 0 Å². The largest absolute Gasteiger partial charge is 0.493 e. The molecule has 0 N–H and O–H groups in total. The summed E-state index contributed by atoms with van der Waals surface area (Å²) in [4.78, 5) is 14.4. The fourth-order valence-electron chi connectivity index (χ4n) is 2.41. The lowest BCUT2D eigenvalue weighted by Gasteiger charge is -2.25. The van der Waals surface area contributed by atoms with Crippen LogP contribution in [0.15, 0.2) is 16.6 Å². The normalized spacial score (nSPS) is 15.5. The van der Waals surface area contributed by atoms with E-state index in [1.807, 2.05) is 18.9 Å². The minimum absolute atomic E-state index is 0.0106. The lowest BCUT2D eigenvalue weighted by molar-refractivity contribution is 0.0727. The molecule has 4 nitrogen and oxygen atoms in total. The molecule has 1 amide bonds. The summed E-state index contributed by atoms with van der Waals surface area (Å²) >= 11 is 3.46. The van der Waals surface area contributed by atoms with Crippen molar-refractivity contribution in [2.24, 2.45) is 5.92 Å². The van der Waals surface area contributed by atoms with Crippen LogP contribution in [-0.4, -0.2) is 37.6 Å². The number of carbonyl (C=O) groups is 1. The minimum Gasteiger partial charge on any atom is -0.493 e. The number of ether oxygens (including phenoxy) is 2. The van der Waals surface area contributed by atoms with Crippen LogP contribution in [0.1, 0.15) is 37.0 Å². The smallest absolute Gasteiger partial charge is 0.254 e. The molecule has 1 fully saturated rings. The molecular weight excluding hydrogens is 334 g/mol. The lowest BCUT2D eigenvalue weighted by Crippen LogP contribution is -2.36. The molecule has 1 aromatic carbocycles. The Bertz CT molecular complexity index is 528. The Labute approximate surface area is 134 Å². The van der Waals surface area contributed by atoms with Crippen LogP contribution in [0.4, 0.5) is 0 Å². The van der Waals surface area contributed by atoms with Crippen molar-refractivity contribution in [3.8, 4) is 11.5 Å². The van der Waals surface area contributed by atoms with Gasteiger partial charge >= 0.3 is 0 Å². The van der Waals surface area contributed by atoms with E-state index in [0.717, 1.165) is 4.47 Å². The molecule has 1 atom stereocenters. The van der Waals surface area contributed by atoms with Gasteiger partial charge in [-0.15, -0.1) is 0 Å². The van der Waals surface area contributed by atoms with Crippen LogP contribution in [0.5, 0.6) is 11.5 Å². The molecule has 2 rings (SSSR count). The zero-order valence-corrected chi connectivity index (χ0v) is 14.6. The number of hydrogen-bond donors (Lipinski definition) is 0.